The standard InChI is InChI=1S/C14H21IN2O/c1-13-3-5-14(6-4-13)17-10-8-16(9-11-17)7-2-12-18-15/h3-6H,2,7-12H2,1H3. The van der Waals surface area contributed by atoms with Crippen LogP contribution < -0.4 is 4.90 Å². The zero-order chi connectivity index (χ0) is 12.8. The van der Waals surface area contributed by atoms with Crippen LogP contribution in [0.2, 0.25) is 0 Å². The van der Waals surface area contributed by atoms with Crippen molar-refractivity contribution in [2.45, 2.75) is 13.3 Å². The molecule has 1 aliphatic heterocycles. The Morgan fingerprint density at radius 1 is 1.11 bits per heavy atom. The largest absolute Gasteiger partial charge is 0.369 e. The highest BCUT2D eigenvalue weighted by Gasteiger charge is 2.16. The Balaban J connectivity index is 1.77. The van der Waals surface area contributed by atoms with Gasteiger partial charge in [-0.25, -0.2) is 0 Å². The van der Waals surface area contributed by atoms with Crippen LogP contribution in [-0.2, 0) is 3.07 Å². The van der Waals surface area contributed by atoms with E-state index in [4.69, 9.17) is 3.07 Å². The van der Waals surface area contributed by atoms with Crippen molar-refractivity contribution in [3.63, 3.8) is 0 Å². The number of halogens is 1. The first-order valence-corrected chi connectivity index (χ1v) is 7.45. The van der Waals surface area contributed by atoms with E-state index in [1.165, 1.54) is 11.3 Å². The van der Waals surface area contributed by atoms with E-state index in [1.807, 2.05) is 23.0 Å². The molecule has 0 aromatic heterocycles. The maximum absolute atomic E-state index is 5.07. The molecule has 0 amide bonds. The van der Waals surface area contributed by atoms with Gasteiger partial charge < -0.3 is 7.97 Å². The fraction of sp³-hybridized carbons (Fsp3) is 0.571. The highest BCUT2D eigenvalue weighted by molar-refractivity contribution is 14.1. The van der Waals surface area contributed by atoms with E-state index in [1.54, 1.807) is 0 Å². The van der Waals surface area contributed by atoms with Gasteiger partial charge in [-0.3, -0.25) is 4.90 Å². The van der Waals surface area contributed by atoms with Crippen molar-refractivity contribution in [2.75, 3.05) is 44.2 Å². The Morgan fingerprint density at radius 3 is 2.39 bits per heavy atom. The van der Waals surface area contributed by atoms with Crippen LogP contribution in [0.15, 0.2) is 24.3 Å². The number of benzene rings is 1. The van der Waals surface area contributed by atoms with Crippen molar-refractivity contribution in [3.05, 3.63) is 29.8 Å². The third-order valence-electron chi connectivity index (χ3n) is 3.47. The number of nitrogens with zero attached hydrogens (tertiary/aromatic N) is 2. The molecule has 0 bridgehead atoms. The van der Waals surface area contributed by atoms with Crippen LogP contribution in [-0.4, -0.2) is 44.2 Å². The monoisotopic (exact) mass is 360 g/mol. The van der Waals surface area contributed by atoms with Crippen LogP contribution in [0.5, 0.6) is 0 Å². The van der Waals surface area contributed by atoms with Gasteiger partial charge in [0, 0.05) is 38.4 Å². The smallest absolute Gasteiger partial charge is 0.109 e. The fourth-order valence-electron chi connectivity index (χ4n) is 2.33. The predicted molar refractivity (Wildman–Crippen MR) is 84.4 cm³/mol. The van der Waals surface area contributed by atoms with Crippen molar-refractivity contribution in [3.8, 4) is 0 Å². The molecule has 1 aromatic rings. The Kier molecular flexibility index (Phi) is 5.72. The Labute approximate surface area is 124 Å². The van der Waals surface area contributed by atoms with Gasteiger partial charge in [0.15, 0.2) is 0 Å². The number of hydrogen-bond acceptors (Lipinski definition) is 3. The lowest BCUT2D eigenvalue weighted by atomic mass is 10.2. The molecule has 1 aromatic carbocycles. The molecule has 100 valence electrons. The molecule has 0 radical (unpaired) electrons. The van der Waals surface area contributed by atoms with Crippen molar-refractivity contribution in [1.82, 2.24) is 4.90 Å². The zero-order valence-electron chi connectivity index (χ0n) is 10.9. The zero-order valence-corrected chi connectivity index (χ0v) is 13.1. The van der Waals surface area contributed by atoms with Gasteiger partial charge in [-0.2, -0.15) is 0 Å². The minimum atomic E-state index is 0.860. The van der Waals surface area contributed by atoms with Crippen LogP contribution in [0.4, 0.5) is 5.69 Å². The highest BCUT2D eigenvalue weighted by atomic mass is 127. The number of anilines is 1. The van der Waals surface area contributed by atoms with Gasteiger partial charge in [-0.15, -0.1) is 0 Å². The second-order valence-electron chi connectivity index (χ2n) is 4.83. The molecule has 3 nitrogen and oxygen atoms in total. The van der Waals surface area contributed by atoms with Crippen LogP contribution in [0.3, 0.4) is 0 Å². The molecule has 1 saturated heterocycles. The van der Waals surface area contributed by atoms with Gasteiger partial charge >= 0.3 is 0 Å². The summed E-state index contributed by atoms with van der Waals surface area (Å²) < 4.78 is 5.07. The van der Waals surface area contributed by atoms with Gasteiger partial charge in [-0.1, -0.05) is 17.7 Å². The molecule has 4 heteroatoms. The summed E-state index contributed by atoms with van der Waals surface area (Å²) in [5.41, 5.74) is 2.69. The first kappa shape index (κ1) is 14.1. The van der Waals surface area contributed by atoms with Crippen LogP contribution in [0.25, 0.3) is 0 Å². The summed E-state index contributed by atoms with van der Waals surface area (Å²) in [5.74, 6) is 0. The maximum Gasteiger partial charge on any atom is 0.109 e. The molecule has 2 rings (SSSR count). The highest BCUT2D eigenvalue weighted by Crippen LogP contribution is 2.17. The second kappa shape index (κ2) is 7.31. The van der Waals surface area contributed by atoms with Gasteiger partial charge in [0.25, 0.3) is 0 Å². The van der Waals surface area contributed by atoms with Gasteiger partial charge in [-0.05, 0) is 25.5 Å². The predicted octanol–water partition coefficient (Wildman–Crippen LogP) is 2.87. The quantitative estimate of drug-likeness (QED) is 0.593. The molecular formula is C14H21IN2O. The molecule has 0 spiro atoms. The van der Waals surface area contributed by atoms with E-state index in [0.717, 1.165) is 45.8 Å². The van der Waals surface area contributed by atoms with E-state index in [9.17, 15) is 0 Å². The van der Waals surface area contributed by atoms with E-state index >= 15 is 0 Å². The molecule has 1 fully saturated rings. The third-order valence-corrected chi connectivity index (χ3v) is 3.91. The summed E-state index contributed by atoms with van der Waals surface area (Å²) in [6.45, 7) is 8.74. The lowest BCUT2D eigenvalue weighted by Crippen LogP contribution is -2.46. The van der Waals surface area contributed by atoms with Gasteiger partial charge in [0.05, 0.1) is 6.61 Å². The summed E-state index contributed by atoms with van der Waals surface area (Å²) in [6, 6.07) is 8.85. The summed E-state index contributed by atoms with van der Waals surface area (Å²) >= 11 is 1.97. The van der Waals surface area contributed by atoms with Crippen molar-refractivity contribution < 1.29 is 3.07 Å². The first-order valence-electron chi connectivity index (χ1n) is 6.57. The van der Waals surface area contributed by atoms with Gasteiger partial charge in [0.1, 0.15) is 23.0 Å². The maximum atomic E-state index is 5.07. The molecule has 0 atom stereocenters. The average Bonchev–Trinajstić information content (AvgIpc) is 2.41. The normalized spacial score (nSPS) is 17.1. The number of aryl methyl sites for hydroxylation is 1. The first-order chi connectivity index (χ1) is 8.79. The molecule has 0 N–H and O–H groups in total. The van der Waals surface area contributed by atoms with Gasteiger partial charge in [0.2, 0.25) is 0 Å². The molecule has 0 saturated carbocycles. The summed E-state index contributed by atoms with van der Waals surface area (Å²) in [4.78, 5) is 5.01. The Bertz CT molecular complexity index is 347. The van der Waals surface area contributed by atoms with E-state index < -0.39 is 0 Å². The minimum Gasteiger partial charge on any atom is -0.369 e. The Morgan fingerprint density at radius 2 is 1.78 bits per heavy atom. The van der Waals surface area contributed by atoms with Crippen molar-refractivity contribution in [2.24, 2.45) is 0 Å². The molecule has 1 heterocycles. The lowest BCUT2D eigenvalue weighted by Gasteiger charge is -2.36. The molecule has 1 aliphatic rings. The van der Waals surface area contributed by atoms with Crippen molar-refractivity contribution >= 4 is 28.7 Å². The molecule has 0 unspecified atom stereocenters. The number of hydrogen-bond donors (Lipinski definition) is 0. The Hall–Kier alpha value is -0.330. The SMILES string of the molecule is Cc1ccc(N2CCN(CCCOI)CC2)cc1. The number of piperazine rings is 1. The lowest BCUT2D eigenvalue weighted by molar-refractivity contribution is 0.240. The summed E-state index contributed by atoms with van der Waals surface area (Å²) in [7, 11) is 0. The average molecular weight is 360 g/mol. The van der Waals surface area contributed by atoms with E-state index in [2.05, 4.69) is 41.0 Å². The van der Waals surface area contributed by atoms with E-state index in [-0.39, 0.29) is 0 Å². The molecule has 18 heavy (non-hydrogen) atoms. The topological polar surface area (TPSA) is 15.7 Å². The van der Waals surface area contributed by atoms with Crippen LogP contribution >= 0.6 is 23.0 Å². The fourth-order valence-corrected chi connectivity index (χ4v) is 2.64. The molecule has 0 aliphatic carbocycles. The van der Waals surface area contributed by atoms with Crippen LogP contribution in [0, 0.1) is 6.92 Å². The minimum absolute atomic E-state index is 0.860. The molecular weight excluding hydrogens is 339 g/mol. The number of rotatable bonds is 5. The van der Waals surface area contributed by atoms with Crippen LogP contribution in [0.1, 0.15) is 12.0 Å². The third kappa shape index (κ3) is 4.10. The summed E-state index contributed by atoms with van der Waals surface area (Å²) in [6.07, 6.45) is 1.13. The van der Waals surface area contributed by atoms with Crippen molar-refractivity contribution in [1.29, 1.82) is 0 Å². The second-order valence-corrected chi connectivity index (χ2v) is 5.45. The van der Waals surface area contributed by atoms with E-state index in [0.29, 0.717) is 0 Å². The summed E-state index contributed by atoms with van der Waals surface area (Å²) in [5, 5.41) is 0.